The fraction of sp³-hybridized carbons (Fsp3) is 0.650. The molecule has 2 saturated carbocycles. The Hall–Kier alpha value is -1.39. The van der Waals surface area contributed by atoms with Gasteiger partial charge in [0.25, 0.3) is 0 Å². The second-order valence-electron chi connectivity index (χ2n) is 8.13. The van der Waals surface area contributed by atoms with E-state index in [1.165, 1.54) is 11.8 Å². The minimum absolute atomic E-state index is 0.00374. The highest BCUT2D eigenvalue weighted by Crippen LogP contribution is 2.61. The normalized spacial score (nSPS) is 43.8. The number of aliphatic hydroxyl groups is 2. The predicted molar refractivity (Wildman–Crippen MR) is 91.8 cm³/mol. The van der Waals surface area contributed by atoms with Crippen LogP contribution in [0.2, 0.25) is 0 Å². The van der Waals surface area contributed by atoms with Crippen LogP contribution in [0.5, 0.6) is 0 Å². The summed E-state index contributed by atoms with van der Waals surface area (Å²) in [6.07, 6.45) is 8.86. The highest BCUT2D eigenvalue weighted by atomic mass is 16.5. The van der Waals surface area contributed by atoms with Crippen LogP contribution < -0.4 is 0 Å². The number of esters is 1. The number of hydrogen-bond acceptors (Lipinski definition) is 4. The Kier molecular flexibility index (Phi) is 4.47. The summed E-state index contributed by atoms with van der Waals surface area (Å²) in [5.41, 5.74) is 1.34. The first-order valence-corrected chi connectivity index (χ1v) is 8.87. The maximum atomic E-state index is 11.6. The van der Waals surface area contributed by atoms with Crippen LogP contribution in [0.15, 0.2) is 36.1 Å². The van der Waals surface area contributed by atoms with Crippen LogP contribution in [0.4, 0.5) is 0 Å². The second kappa shape index (κ2) is 6.16. The summed E-state index contributed by atoms with van der Waals surface area (Å²) in [7, 11) is 0. The minimum Gasteiger partial charge on any atom is -0.431 e. The van der Waals surface area contributed by atoms with Crippen LogP contribution in [-0.2, 0) is 9.53 Å². The standard InChI is InChI=1S/C20H28O4/c1-13-4-7-16-19(2,10-8-17(22)20(16,3)12-21)15(13)6-5-14-9-11-24-18(14)23/h5,9,11,15-17,21-22H,1,4,6-8,10,12H2,2-3H3/b14-5-/t15-,16-,17-,19+,20-/m1/s1. The largest absolute Gasteiger partial charge is 0.431 e. The van der Waals surface area contributed by atoms with Gasteiger partial charge in [-0.3, -0.25) is 0 Å². The fourth-order valence-corrected chi connectivity index (χ4v) is 5.34. The van der Waals surface area contributed by atoms with Crippen molar-refractivity contribution < 1.29 is 19.7 Å². The SMILES string of the molecule is C=C1CC[C@H]2[C@@](C)(CO)[C@H](O)CC[C@@]2(C)[C@@H]1C/C=C1/C=COC1=O. The Morgan fingerprint density at radius 3 is 2.79 bits per heavy atom. The van der Waals surface area contributed by atoms with E-state index < -0.39 is 11.5 Å². The first-order valence-electron chi connectivity index (χ1n) is 8.87. The lowest BCUT2D eigenvalue weighted by atomic mass is 9.46. The van der Waals surface area contributed by atoms with E-state index in [1.807, 2.05) is 13.0 Å². The van der Waals surface area contributed by atoms with Gasteiger partial charge in [-0.05, 0) is 55.4 Å². The molecule has 132 valence electrons. The van der Waals surface area contributed by atoms with Crippen LogP contribution in [0.3, 0.4) is 0 Å². The number of hydrogen-bond donors (Lipinski definition) is 2. The number of aliphatic hydroxyl groups excluding tert-OH is 2. The van der Waals surface area contributed by atoms with Gasteiger partial charge in [0.15, 0.2) is 0 Å². The molecule has 0 spiro atoms. The Balaban J connectivity index is 1.89. The number of cyclic esters (lactones) is 1. The highest BCUT2D eigenvalue weighted by Gasteiger charge is 2.57. The predicted octanol–water partition coefficient (Wildman–Crippen LogP) is 3.12. The monoisotopic (exact) mass is 332 g/mol. The Morgan fingerprint density at radius 2 is 2.17 bits per heavy atom. The molecular weight excluding hydrogens is 304 g/mol. The molecule has 3 rings (SSSR count). The third-order valence-corrected chi connectivity index (χ3v) is 6.93. The molecule has 1 aliphatic heterocycles. The number of allylic oxidation sites excluding steroid dienone is 2. The molecule has 0 amide bonds. The van der Waals surface area contributed by atoms with E-state index >= 15 is 0 Å². The van der Waals surface area contributed by atoms with Crippen molar-refractivity contribution in [1.29, 1.82) is 0 Å². The molecule has 5 atom stereocenters. The van der Waals surface area contributed by atoms with Crippen molar-refractivity contribution in [3.63, 3.8) is 0 Å². The van der Waals surface area contributed by atoms with Crippen molar-refractivity contribution >= 4 is 5.97 Å². The Morgan fingerprint density at radius 1 is 1.42 bits per heavy atom. The molecule has 0 unspecified atom stereocenters. The zero-order valence-electron chi connectivity index (χ0n) is 14.6. The van der Waals surface area contributed by atoms with Crippen LogP contribution in [-0.4, -0.2) is 28.9 Å². The van der Waals surface area contributed by atoms with Gasteiger partial charge in [-0.25, -0.2) is 4.79 Å². The van der Waals surface area contributed by atoms with Gasteiger partial charge in [-0.15, -0.1) is 0 Å². The van der Waals surface area contributed by atoms with Gasteiger partial charge in [0, 0.05) is 5.41 Å². The van der Waals surface area contributed by atoms with E-state index in [0.29, 0.717) is 12.0 Å². The molecule has 2 N–H and O–H groups in total. The van der Waals surface area contributed by atoms with Crippen molar-refractivity contribution in [2.24, 2.45) is 22.7 Å². The Labute approximate surface area is 143 Å². The third-order valence-electron chi connectivity index (χ3n) is 6.93. The summed E-state index contributed by atoms with van der Waals surface area (Å²) >= 11 is 0. The molecule has 0 aromatic rings. The zero-order chi connectivity index (χ0) is 17.5. The first kappa shape index (κ1) is 17.4. The van der Waals surface area contributed by atoms with E-state index in [2.05, 4.69) is 13.5 Å². The molecule has 24 heavy (non-hydrogen) atoms. The lowest BCUT2D eigenvalue weighted by molar-refractivity contribution is -0.151. The van der Waals surface area contributed by atoms with Crippen molar-refractivity contribution in [3.8, 4) is 0 Å². The van der Waals surface area contributed by atoms with E-state index in [0.717, 1.165) is 25.7 Å². The van der Waals surface area contributed by atoms with E-state index in [1.54, 1.807) is 6.08 Å². The van der Waals surface area contributed by atoms with E-state index in [-0.39, 0.29) is 29.8 Å². The smallest absolute Gasteiger partial charge is 0.342 e. The summed E-state index contributed by atoms with van der Waals surface area (Å²) < 4.78 is 4.85. The lowest BCUT2D eigenvalue weighted by Gasteiger charge is -2.59. The molecule has 0 radical (unpaired) electrons. The topological polar surface area (TPSA) is 66.8 Å². The molecule has 0 saturated heterocycles. The molecule has 2 fully saturated rings. The van der Waals surface area contributed by atoms with Crippen LogP contribution in [0, 0.1) is 22.7 Å². The summed E-state index contributed by atoms with van der Waals surface area (Å²) in [6.45, 7) is 8.59. The van der Waals surface area contributed by atoms with Crippen molar-refractivity contribution in [1.82, 2.24) is 0 Å². The number of carbonyl (C=O) groups excluding carboxylic acids is 1. The van der Waals surface area contributed by atoms with Crippen molar-refractivity contribution in [2.45, 2.75) is 52.1 Å². The molecule has 0 bridgehead atoms. The molecule has 4 nitrogen and oxygen atoms in total. The van der Waals surface area contributed by atoms with Gasteiger partial charge < -0.3 is 14.9 Å². The fourth-order valence-electron chi connectivity index (χ4n) is 5.34. The van der Waals surface area contributed by atoms with Crippen molar-refractivity contribution in [3.05, 3.63) is 36.1 Å². The number of ether oxygens (including phenoxy) is 1. The van der Waals surface area contributed by atoms with E-state index in [4.69, 9.17) is 4.74 Å². The van der Waals surface area contributed by atoms with Gasteiger partial charge in [-0.1, -0.05) is 32.1 Å². The second-order valence-corrected chi connectivity index (χ2v) is 8.13. The maximum Gasteiger partial charge on any atom is 0.342 e. The average molecular weight is 332 g/mol. The first-order chi connectivity index (χ1) is 11.3. The molecule has 1 heterocycles. The quantitative estimate of drug-likeness (QED) is 0.473. The van der Waals surface area contributed by atoms with Crippen LogP contribution in [0.1, 0.15) is 46.0 Å². The van der Waals surface area contributed by atoms with Gasteiger partial charge in [0.1, 0.15) is 0 Å². The molecule has 3 aliphatic rings. The average Bonchev–Trinajstić information content (AvgIpc) is 2.96. The number of rotatable bonds is 3. The molecule has 2 aliphatic carbocycles. The minimum atomic E-state index is -0.467. The molecule has 0 aromatic carbocycles. The summed E-state index contributed by atoms with van der Waals surface area (Å²) in [5, 5.41) is 20.5. The van der Waals surface area contributed by atoms with Gasteiger partial charge in [0.05, 0.1) is 24.5 Å². The summed E-state index contributed by atoms with van der Waals surface area (Å²) in [5.74, 6) is 0.208. The number of fused-ring (bicyclic) bond motifs is 1. The van der Waals surface area contributed by atoms with Crippen LogP contribution in [0.25, 0.3) is 0 Å². The third kappa shape index (κ3) is 2.56. The molecule has 4 heteroatoms. The highest BCUT2D eigenvalue weighted by molar-refractivity contribution is 5.94. The van der Waals surface area contributed by atoms with Gasteiger partial charge in [-0.2, -0.15) is 0 Å². The molecular formula is C20H28O4. The zero-order valence-corrected chi connectivity index (χ0v) is 14.6. The van der Waals surface area contributed by atoms with Gasteiger partial charge in [0.2, 0.25) is 0 Å². The van der Waals surface area contributed by atoms with Crippen LogP contribution >= 0.6 is 0 Å². The summed E-state index contributed by atoms with van der Waals surface area (Å²) in [6, 6.07) is 0. The van der Waals surface area contributed by atoms with E-state index in [9.17, 15) is 15.0 Å². The van der Waals surface area contributed by atoms with Gasteiger partial charge >= 0.3 is 5.97 Å². The molecule has 0 aromatic heterocycles. The number of carbonyl (C=O) groups is 1. The summed E-state index contributed by atoms with van der Waals surface area (Å²) in [4.78, 5) is 11.6. The lowest BCUT2D eigenvalue weighted by Crippen LogP contribution is -2.57. The van der Waals surface area contributed by atoms with Crippen molar-refractivity contribution in [2.75, 3.05) is 6.61 Å². The maximum absolute atomic E-state index is 11.6. The Bertz CT molecular complexity index is 605.